The molecule has 5 aromatic rings. The van der Waals surface area contributed by atoms with Crippen LogP contribution in [-0.2, 0) is 5.41 Å². The molecule has 0 saturated heterocycles. The summed E-state index contributed by atoms with van der Waals surface area (Å²) in [7, 11) is -2.80. The van der Waals surface area contributed by atoms with Crippen molar-refractivity contribution in [1.29, 1.82) is 0 Å². The van der Waals surface area contributed by atoms with Crippen LogP contribution in [0.25, 0.3) is 32.1 Å². The Bertz CT molecular complexity index is 1740. The Kier molecular flexibility index (Phi) is 6.21. The molecule has 2 nitrogen and oxygen atoms in total. The van der Waals surface area contributed by atoms with Crippen LogP contribution in [0, 0.1) is 6.92 Å². The van der Waals surface area contributed by atoms with E-state index in [0.29, 0.717) is 0 Å². The predicted molar refractivity (Wildman–Crippen MR) is 176 cm³/mol. The maximum Gasteiger partial charge on any atom is 0.185 e. The minimum Gasteiger partial charge on any atom is -0.446 e. The molecule has 1 aliphatic rings. The van der Waals surface area contributed by atoms with Gasteiger partial charge >= 0.3 is 0 Å². The number of hydrogen-bond acceptors (Lipinski definition) is 3. The monoisotopic (exact) mass is 565 g/mol. The zero-order valence-electron chi connectivity index (χ0n) is 24.5. The van der Waals surface area contributed by atoms with Crippen LogP contribution in [0.2, 0.25) is 38.3 Å². The number of aromatic nitrogens is 1. The first-order valence-corrected chi connectivity index (χ1v) is 21.3. The van der Waals surface area contributed by atoms with E-state index >= 15 is 0 Å². The molecule has 200 valence electrons. The second-order valence-electron chi connectivity index (χ2n) is 13.6. The zero-order chi connectivity index (χ0) is 27.7. The Morgan fingerprint density at radius 2 is 1.54 bits per heavy atom. The summed E-state index contributed by atoms with van der Waals surface area (Å²) in [6.07, 6.45) is 1.95. The second kappa shape index (κ2) is 9.15. The van der Waals surface area contributed by atoms with Gasteiger partial charge in [0.05, 0.1) is 26.5 Å². The van der Waals surface area contributed by atoms with Gasteiger partial charge in [0.2, 0.25) is 0 Å². The molecular weight excluding hydrogens is 527 g/mol. The lowest BCUT2D eigenvalue weighted by molar-refractivity contribution is 0.494. The van der Waals surface area contributed by atoms with Gasteiger partial charge in [0.25, 0.3) is 0 Å². The number of fused-ring (bicyclic) bond motifs is 3. The lowest BCUT2D eigenvalue weighted by Crippen LogP contribution is -2.63. The maximum atomic E-state index is 6.69. The largest absolute Gasteiger partial charge is 0.446 e. The summed E-state index contributed by atoms with van der Waals surface area (Å²) in [4.78, 5) is 4.93. The third kappa shape index (κ3) is 4.58. The van der Waals surface area contributed by atoms with E-state index in [1.54, 1.807) is 21.7 Å². The summed E-state index contributed by atoms with van der Waals surface area (Å²) < 4.78 is 7.88. The van der Waals surface area contributed by atoms with Crippen molar-refractivity contribution in [3.05, 3.63) is 78.0 Å². The van der Waals surface area contributed by atoms with E-state index in [0.717, 1.165) is 16.5 Å². The Balaban J connectivity index is 1.46. The molecule has 6 rings (SSSR count). The van der Waals surface area contributed by atoms with Crippen molar-refractivity contribution in [3.8, 4) is 22.1 Å². The van der Waals surface area contributed by atoms with Gasteiger partial charge in [-0.05, 0) is 59.0 Å². The van der Waals surface area contributed by atoms with E-state index < -0.39 is 16.1 Å². The highest BCUT2D eigenvalue weighted by Crippen LogP contribution is 2.44. The van der Waals surface area contributed by atoms with Gasteiger partial charge in [0.15, 0.2) is 5.06 Å². The topological polar surface area (TPSA) is 22.1 Å². The average Bonchev–Trinajstić information content (AvgIpc) is 3.20. The molecule has 3 heterocycles. The van der Waals surface area contributed by atoms with Crippen LogP contribution in [0.4, 0.5) is 0 Å². The fourth-order valence-corrected chi connectivity index (χ4v) is 17.7. The molecule has 0 N–H and O–H groups in total. The van der Waals surface area contributed by atoms with E-state index in [1.165, 1.54) is 49.6 Å². The molecule has 1 aliphatic heterocycles. The zero-order valence-corrected chi connectivity index (χ0v) is 27.3. The summed E-state index contributed by atoms with van der Waals surface area (Å²) in [6, 6.07) is 25.3. The first-order chi connectivity index (χ1) is 18.3. The van der Waals surface area contributed by atoms with Gasteiger partial charge in [-0.1, -0.05) is 111 Å². The molecule has 0 aliphatic carbocycles. The Morgan fingerprint density at radius 3 is 2.28 bits per heavy atom. The number of benzene rings is 3. The van der Waals surface area contributed by atoms with Crippen LogP contribution in [0.1, 0.15) is 31.9 Å². The highest BCUT2D eigenvalue weighted by molar-refractivity contribution is 7.21. The van der Waals surface area contributed by atoms with Crippen molar-refractivity contribution in [3.63, 3.8) is 0 Å². The van der Waals surface area contributed by atoms with Crippen LogP contribution < -0.4 is 15.1 Å². The highest BCUT2D eigenvalue weighted by atomic mass is 32.1. The van der Waals surface area contributed by atoms with Crippen LogP contribution >= 0.6 is 11.3 Å². The van der Waals surface area contributed by atoms with Crippen molar-refractivity contribution >= 4 is 58.7 Å². The summed E-state index contributed by atoms with van der Waals surface area (Å²) in [5.74, 6) is 0.978. The third-order valence-corrected chi connectivity index (χ3v) is 17.5. The fraction of sp³-hybridized carbons (Fsp3) is 0.324. The number of rotatable bonds is 3. The number of aryl methyl sites for hydroxylation is 1. The average molecular weight is 566 g/mol. The van der Waals surface area contributed by atoms with Gasteiger partial charge in [-0.3, -0.25) is 4.98 Å². The van der Waals surface area contributed by atoms with Gasteiger partial charge in [-0.15, -0.1) is 0 Å². The van der Waals surface area contributed by atoms with E-state index in [4.69, 9.17) is 9.72 Å². The van der Waals surface area contributed by atoms with Crippen LogP contribution in [0.5, 0.6) is 10.8 Å². The molecule has 0 bridgehead atoms. The van der Waals surface area contributed by atoms with Gasteiger partial charge in [0, 0.05) is 22.7 Å². The number of nitrogens with zero attached hydrogens (tertiary/aromatic N) is 1. The molecule has 39 heavy (non-hydrogen) atoms. The summed E-state index contributed by atoms with van der Waals surface area (Å²) in [5, 5.41) is 8.06. The molecule has 5 heteroatoms. The highest BCUT2D eigenvalue weighted by Gasteiger charge is 2.39. The summed E-state index contributed by atoms with van der Waals surface area (Å²) in [6.45, 7) is 19.2. The van der Waals surface area contributed by atoms with Crippen molar-refractivity contribution < 1.29 is 4.74 Å². The van der Waals surface area contributed by atoms with Crippen LogP contribution in [0.15, 0.2) is 66.9 Å². The van der Waals surface area contributed by atoms with Gasteiger partial charge in [-0.2, -0.15) is 0 Å². The SMILES string of the molecule is Cc1c(Oc2ccc3c(c2)[Si](C)(C)CC[Si]3(C)C)sc2c(-c3cc(C(C)(C)C)c4ccccc4c3)nccc12. The lowest BCUT2D eigenvalue weighted by Gasteiger charge is -2.39. The number of hydrogen-bond donors (Lipinski definition) is 0. The fourth-order valence-electron chi connectivity index (χ4n) is 6.24. The van der Waals surface area contributed by atoms with Gasteiger partial charge in [-0.25, -0.2) is 0 Å². The molecule has 3 aromatic carbocycles. The quantitative estimate of drug-likeness (QED) is 0.203. The first kappa shape index (κ1) is 26.5. The second-order valence-corrected chi connectivity index (χ2v) is 24.2. The number of thiophene rings is 1. The summed E-state index contributed by atoms with van der Waals surface area (Å²) >= 11 is 1.73. The Morgan fingerprint density at radius 1 is 0.821 bits per heavy atom. The minimum absolute atomic E-state index is 0.0319. The van der Waals surface area contributed by atoms with Crippen molar-refractivity contribution in [2.45, 2.75) is 71.4 Å². The van der Waals surface area contributed by atoms with E-state index in [2.05, 4.69) is 115 Å². The molecule has 0 radical (unpaired) electrons. The molecule has 0 amide bonds. The Labute approximate surface area is 239 Å². The molecule has 0 atom stereocenters. The number of pyridine rings is 1. The molecule has 0 spiro atoms. The maximum absolute atomic E-state index is 6.69. The van der Waals surface area contributed by atoms with Crippen molar-refractivity contribution in [2.75, 3.05) is 0 Å². The molecule has 2 aromatic heterocycles. The molecule has 0 fully saturated rings. The standard InChI is InChI=1S/C34H39NOSSi2/c1-22-26-15-16-35-31(24-19-23-11-9-10-12-27(23)28(20-24)34(2,3)4)32(26)37-33(22)36-25-13-14-29-30(21-25)39(7,8)18-17-38(29,5)6/h9-16,19-21H,17-18H2,1-8H3. The Hall–Kier alpha value is -2.74. The van der Waals surface area contributed by atoms with Crippen LogP contribution in [0.3, 0.4) is 0 Å². The van der Waals surface area contributed by atoms with Crippen molar-refractivity contribution in [2.24, 2.45) is 0 Å². The molecule has 0 unspecified atom stereocenters. The lowest BCUT2D eigenvalue weighted by atomic mass is 9.82. The smallest absolute Gasteiger partial charge is 0.185 e. The predicted octanol–water partition coefficient (Wildman–Crippen LogP) is 9.36. The van der Waals surface area contributed by atoms with Gasteiger partial charge < -0.3 is 4.74 Å². The van der Waals surface area contributed by atoms with E-state index in [-0.39, 0.29) is 5.41 Å². The normalized spacial score (nSPS) is 16.4. The first-order valence-electron chi connectivity index (χ1n) is 14.1. The molecule has 0 saturated carbocycles. The minimum atomic E-state index is -1.44. The summed E-state index contributed by atoms with van der Waals surface area (Å²) in [5.41, 5.74) is 4.79. The van der Waals surface area contributed by atoms with Crippen LogP contribution in [-0.4, -0.2) is 21.1 Å². The number of ether oxygens (including phenoxy) is 1. The van der Waals surface area contributed by atoms with E-state index in [1.807, 2.05) is 6.20 Å². The van der Waals surface area contributed by atoms with E-state index in [9.17, 15) is 0 Å². The third-order valence-electron chi connectivity index (χ3n) is 8.79. The van der Waals surface area contributed by atoms with Gasteiger partial charge in [0.1, 0.15) is 5.75 Å². The molecular formula is C34H39NOSSi2. The van der Waals surface area contributed by atoms with Crippen molar-refractivity contribution in [1.82, 2.24) is 4.98 Å².